The van der Waals surface area contributed by atoms with Gasteiger partial charge in [-0.1, -0.05) is 12.1 Å². The Morgan fingerprint density at radius 3 is 2.79 bits per heavy atom. The van der Waals surface area contributed by atoms with Gasteiger partial charge >= 0.3 is 0 Å². The molecule has 2 aromatic rings. The Labute approximate surface area is 141 Å². The van der Waals surface area contributed by atoms with Crippen LogP contribution in [0.15, 0.2) is 30.5 Å². The van der Waals surface area contributed by atoms with Gasteiger partial charge in [0.15, 0.2) is 0 Å². The van der Waals surface area contributed by atoms with E-state index in [0.29, 0.717) is 18.7 Å². The average Bonchev–Trinajstić information content (AvgIpc) is 2.96. The highest BCUT2D eigenvalue weighted by molar-refractivity contribution is 5.95. The van der Waals surface area contributed by atoms with E-state index in [-0.39, 0.29) is 17.7 Å². The summed E-state index contributed by atoms with van der Waals surface area (Å²) in [5, 5.41) is 4.37. The highest BCUT2D eigenvalue weighted by Crippen LogP contribution is 2.21. The highest BCUT2D eigenvalue weighted by atomic mass is 16.2. The Bertz CT molecular complexity index is 781. The van der Waals surface area contributed by atoms with Crippen molar-refractivity contribution in [2.45, 2.75) is 26.7 Å². The molecule has 1 aromatic carbocycles. The number of rotatable bonds is 3. The zero-order valence-corrected chi connectivity index (χ0v) is 14.0. The minimum absolute atomic E-state index is 0.0858. The molecule has 0 spiro atoms. The summed E-state index contributed by atoms with van der Waals surface area (Å²) < 4.78 is 1.77. The molecule has 0 bridgehead atoms. The molecule has 24 heavy (non-hydrogen) atoms. The van der Waals surface area contributed by atoms with Gasteiger partial charge in [-0.3, -0.25) is 9.59 Å². The fourth-order valence-corrected chi connectivity index (χ4v) is 3.20. The van der Waals surface area contributed by atoms with Crippen molar-refractivity contribution in [3.05, 3.63) is 47.3 Å². The molecule has 0 radical (unpaired) electrons. The van der Waals surface area contributed by atoms with E-state index in [4.69, 9.17) is 5.73 Å². The predicted octanol–water partition coefficient (Wildman–Crippen LogP) is 1.83. The molecular formula is C18H22N4O2. The summed E-state index contributed by atoms with van der Waals surface area (Å²) in [5.41, 5.74) is 8.83. The number of nitrogens with zero attached hydrogens (tertiary/aromatic N) is 3. The lowest BCUT2D eigenvalue weighted by molar-refractivity contribution is -0.123. The third-order valence-electron chi connectivity index (χ3n) is 4.60. The molecule has 0 saturated carbocycles. The minimum atomic E-state index is -0.334. The third kappa shape index (κ3) is 3.04. The molecule has 1 aliphatic rings. The van der Waals surface area contributed by atoms with Gasteiger partial charge in [0.1, 0.15) is 0 Å². The zero-order valence-electron chi connectivity index (χ0n) is 14.0. The summed E-state index contributed by atoms with van der Waals surface area (Å²) in [6.45, 7) is 4.95. The maximum absolute atomic E-state index is 12.8. The molecule has 2 heterocycles. The number of carbonyl (C=O) groups excluding carboxylic acids is 2. The van der Waals surface area contributed by atoms with Crippen LogP contribution in [-0.2, 0) is 4.79 Å². The van der Waals surface area contributed by atoms with Crippen molar-refractivity contribution < 1.29 is 9.59 Å². The van der Waals surface area contributed by atoms with E-state index in [9.17, 15) is 9.59 Å². The summed E-state index contributed by atoms with van der Waals surface area (Å²) in [6, 6.07) is 7.98. The monoisotopic (exact) mass is 326 g/mol. The molecule has 0 unspecified atom stereocenters. The molecule has 1 fully saturated rings. The zero-order chi connectivity index (χ0) is 17.3. The van der Waals surface area contributed by atoms with Gasteiger partial charge in [0.05, 0.1) is 29.1 Å². The second kappa shape index (κ2) is 6.47. The molecule has 6 nitrogen and oxygen atoms in total. The molecule has 1 aliphatic heterocycles. The lowest BCUT2D eigenvalue weighted by Crippen LogP contribution is -2.44. The summed E-state index contributed by atoms with van der Waals surface area (Å²) in [7, 11) is 0. The van der Waals surface area contributed by atoms with Crippen LogP contribution in [0.25, 0.3) is 5.69 Å². The van der Waals surface area contributed by atoms with Crippen molar-refractivity contribution >= 4 is 11.8 Å². The molecule has 1 atom stereocenters. The van der Waals surface area contributed by atoms with Gasteiger partial charge < -0.3 is 10.6 Å². The summed E-state index contributed by atoms with van der Waals surface area (Å²) in [4.78, 5) is 25.9. The number of primary amides is 1. The van der Waals surface area contributed by atoms with Crippen molar-refractivity contribution in [3.8, 4) is 5.69 Å². The highest BCUT2D eigenvalue weighted by Gasteiger charge is 2.29. The van der Waals surface area contributed by atoms with E-state index in [1.165, 1.54) is 0 Å². The Hall–Kier alpha value is -2.63. The Morgan fingerprint density at radius 2 is 2.08 bits per heavy atom. The number of aryl methyl sites for hydroxylation is 1. The largest absolute Gasteiger partial charge is 0.369 e. The van der Waals surface area contributed by atoms with Crippen LogP contribution in [0.1, 0.15) is 34.5 Å². The van der Waals surface area contributed by atoms with E-state index >= 15 is 0 Å². The molecule has 1 saturated heterocycles. The molecular weight excluding hydrogens is 304 g/mol. The standard InChI is InChI=1S/C18H22N4O2/c1-12-5-3-7-15(9-12)22-13(2)16(10-20-22)18(24)21-8-4-6-14(11-21)17(19)23/h3,5,7,9-10,14H,4,6,8,11H2,1-2H3,(H2,19,23)/t14-/m1/s1. The van der Waals surface area contributed by atoms with Gasteiger partial charge in [-0.15, -0.1) is 0 Å². The fourth-order valence-electron chi connectivity index (χ4n) is 3.20. The van der Waals surface area contributed by atoms with E-state index < -0.39 is 0 Å². The molecule has 2 amide bonds. The number of hydrogen-bond donors (Lipinski definition) is 1. The van der Waals surface area contributed by atoms with E-state index in [2.05, 4.69) is 5.10 Å². The van der Waals surface area contributed by atoms with Gasteiger partial charge in [-0.05, 0) is 44.4 Å². The fraction of sp³-hybridized carbons (Fsp3) is 0.389. The summed E-state index contributed by atoms with van der Waals surface area (Å²) >= 11 is 0. The molecule has 1 aromatic heterocycles. The number of benzene rings is 1. The molecule has 6 heteroatoms. The van der Waals surface area contributed by atoms with E-state index in [0.717, 1.165) is 29.8 Å². The quantitative estimate of drug-likeness (QED) is 0.934. The summed E-state index contributed by atoms with van der Waals surface area (Å²) in [5.74, 6) is -0.674. The van der Waals surface area contributed by atoms with Crippen LogP contribution in [0.4, 0.5) is 0 Å². The van der Waals surface area contributed by atoms with E-state index in [1.54, 1.807) is 15.8 Å². The molecule has 3 rings (SSSR count). The predicted molar refractivity (Wildman–Crippen MR) is 90.9 cm³/mol. The lowest BCUT2D eigenvalue weighted by Gasteiger charge is -2.31. The molecule has 0 aliphatic carbocycles. The second-order valence-electron chi connectivity index (χ2n) is 6.39. The maximum atomic E-state index is 12.8. The Balaban J connectivity index is 1.85. The third-order valence-corrected chi connectivity index (χ3v) is 4.60. The van der Waals surface area contributed by atoms with Crippen molar-refractivity contribution in [1.29, 1.82) is 0 Å². The number of hydrogen-bond acceptors (Lipinski definition) is 3. The molecule has 2 N–H and O–H groups in total. The minimum Gasteiger partial charge on any atom is -0.369 e. The number of piperidine rings is 1. The van der Waals surface area contributed by atoms with Crippen LogP contribution in [-0.4, -0.2) is 39.6 Å². The molecule has 126 valence electrons. The van der Waals surface area contributed by atoms with Crippen molar-refractivity contribution in [2.75, 3.05) is 13.1 Å². The van der Waals surface area contributed by atoms with E-state index in [1.807, 2.05) is 38.1 Å². The number of nitrogens with two attached hydrogens (primary N) is 1. The van der Waals surface area contributed by atoms with Crippen LogP contribution in [0, 0.1) is 19.8 Å². The van der Waals surface area contributed by atoms with Crippen molar-refractivity contribution in [2.24, 2.45) is 11.7 Å². The normalized spacial score (nSPS) is 17.8. The second-order valence-corrected chi connectivity index (χ2v) is 6.39. The van der Waals surface area contributed by atoms with Crippen LogP contribution >= 0.6 is 0 Å². The van der Waals surface area contributed by atoms with Crippen LogP contribution in [0.5, 0.6) is 0 Å². The van der Waals surface area contributed by atoms with Gasteiger partial charge in [0, 0.05) is 13.1 Å². The number of likely N-dealkylation sites (tertiary alicyclic amines) is 1. The van der Waals surface area contributed by atoms with Crippen LogP contribution in [0.3, 0.4) is 0 Å². The van der Waals surface area contributed by atoms with Crippen molar-refractivity contribution in [1.82, 2.24) is 14.7 Å². The first kappa shape index (κ1) is 16.2. The van der Waals surface area contributed by atoms with Gasteiger partial charge in [0.25, 0.3) is 5.91 Å². The SMILES string of the molecule is Cc1cccc(-n2ncc(C(=O)N3CCC[C@@H](C(N)=O)C3)c2C)c1. The maximum Gasteiger partial charge on any atom is 0.257 e. The smallest absolute Gasteiger partial charge is 0.257 e. The average molecular weight is 326 g/mol. The first-order valence-electron chi connectivity index (χ1n) is 8.17. The number of amides is 2. The van der Waals surface area contributed by atoms with Gasteiger partial charge in [0.2, 0.25) is 5.91 Å². The summed E-state index contributed by atoms with van der Waals surface area (Å²) in [6.07, 6.45) is 3.15. The van der Waals surface area contributed by atoms with Crippen molar-refractivity contribution in [3.63, 3.8) is 0 Å². The first-order chi connectivity index (χ1) is 11.5. The van der Waals surface area contributed by atoms with Crippen LogP contribution < -0.4 is 5.73 Å². The lowest BCUT2D eigenvalue weighted by atomic mass is 9.97. The Morgan fingerprint density at radius 1 is 1.29 bits per heavy atom. The number of carbonyl (C=O) groups is 2. The topological polar surface area (TPSA) is 81.2 Å². The first-order valence-corrected chi connectivity index (χ1v) is 8.17. The van der Waals surface area contributed by atoms with Gasteiger partial charge in [-0.2, -0.15) is 5.10 Å². The Kier molecular flexibility index (Phi) is 4.38. The van der Waals surface area contributed by atoms with Gasteiger partial charge in [-0.25, -0.2) is 4.68 Å². The number of aromatic nitrogens is 2. The van der Waals surface area contributed by atoms with Crippen LogP contribution in [0.2, 0.25) is 0 Å².